The number of hydrogen-bond donors (Lipinski definition) is 0. The number of halogens is 3. The van der Waals surface area contributed by atoms with Crippen LogP contribution in [0.25, 0.3) is 66.1 Å². The van der Waals surface area contributed by atoms with Gasteiger partial charge in [-0.15, -0.1) is 0 Å². The number of nitrogens with zero attached hydrogens (tertiary/aromatic N) is 3. The average molecular weight is 788 g/mol. The van der Waals surface area contributed by atoms with Gasteiger partial charge in [0.2, 0.25) is 0 Å². The second-order valence-electron chi connectivity index (χ2n) is 20.3. The molecule has 300 valence electrons. The van der Waals surface area contributed by atoms with Crippen molar-refractivity contribution in [2.45, 2.75) is 105 Å². The second kappa shape index (κ2) is 13.4. The van der Waals surface area contributed by atoms with E-state index >= 15 is 8.78 Å². The summed E-state index contributed by atoms with van der Waals surface area (Å²) < 4.78 is 50.2. The lowest BCUT2D eigenvalue weighted by molar-refractivity contribution is 0.449. The first-order chi connectivity index (χ1) is 27.5. The topological polar surface area (TPSA) is 33.6 Å². The molecule has 59 heavy (non-hydrogen) atoms. The van der Waals surface area contributed by atoms with Crippen LogP contribution in [-0.2, 0) is 21.7 Å². The van der Waals surface area contributed by atoms with Gasteiger partial charge in [-0.25, -0.2) is 13.2 Å². The molecule has 8 aromatic rings. The van der Waals surface area contributed by atoms with E-state index in [-0.39, 0.29) is 27.2 Å². The molecule has 3 nitrogen and oxygen atoms in total. The SMILES string of the molecule is CC(C)(C)c1ccc2c3ccc(C(C)(C)C)cc3n(-c3cc(-c4ccc(F)c(F)c4F)cc(-n4c5cc(C(C)(C)C)ccc5c5ccc(C(C)(C)C)cc54)c3C#N)c2c1. The fraction of sp³-hybridized carbons (Fsp3) is 0.302. The number of aromatic nitrogens is 2. The van der Waals surface area contributed by atoms with E-state index in [0.29, 0.717) is 22.5 Å². The highest BCUT2D eigenvalue weighted by molar-refractivity contribution is 6.12. The summed E-state index contributed by atoms with van der Waals surface area (Å²) in [5, 5.41) is 15.6. The van der Waals surface area contributed by atoms with Gasteiger partial charge in [0.1, 0.15) is 11.6 Å². The molecular formula is C53H52F3N3. The molecule has 0 saturated heterocycles. The van der Waals surface area contributed by atoms with Gasteiger partial charge in [-0.05, 0) is 98.0 Å². The van der Waals surface area contributed by atoms with Crippen LogP contribution in [-0.4, -0.2) is 9.13 Å². The quantitative estimate of drug-likeness (QED) is 0.164. The molecule has 6 aromatic carbocycles. The Morgan fingerprint density at radius 3 is 1.03 bits per heavy atom. The standard InChI is InChI=1S/C53H52F3N3/c1-50(2,3)31-13-17-36-37-18-14-32(51(4,5)6)26-45(37)58(44(36)25-31)42-23-30(35-21-22-41(54)49(56)48(35)55)24-43(40(42)29-57)59-46-27-33(52(7,8)9)15-19-38(46)39-20-16-34(28-47(39)59)53(10,11)12/h13-28H,1-12H3. The molecule has 0 amide bonds. The third-order valence-corrected chi connectivity index (χ3v) is 12.0. The molecular weight excluding hydrogens is 736 g/mol. The van der Waals surface area contributed by atoms with Gasteiger partial charge >= 0.3 is 0 Å². The van der Waals surface area contributed by atoms with Crippen LogP contribution in [0.3, 0.4) is 0 Å². The van der Waals surface area contributed by atoms with Crippen LogP contribution in [0.4, 0.5) is 13.2 Å². The van der Waals surface area contributed by atoms with Crippen molar-refractivity contribution >= 4 is 43.6 Å². The molecule has 0 radical (unpaired) electrons. The molecule has 0 spiro atoms. The van der Waals surface area contributed by atoms with Crippen molar-refractivity contribution < 1.29 is 13.2 Å². The molecule has 0 saturated carbocycles. The fourth-order valence-electron chi connectivity index (χ4n) is 8.41. The van der Waals surface area contributed by atoms with E-state index in [2.05, 4.69) is 171 Å². The van der Waals surface area contributed by atoms with Gasteiger partial charge in [0.15, 0.2) is 17.5 Å². The number of benzene rings is 6. The monoisotopic (exact) mass is 787 g/mol. The minimum Gasteiger partial charge on any atom is -0.308 e. The van der Waals surface area contributed by atoms with Crippen molar-refractivity contribution in [2.75, 3.05) is 0 Å². The molecule has 6 heteroatoms. The lowest BCUT2D eigenvalue weighted by atomic mass is 9.86. The van der Waals surface area contributed by atoms with Crippen LogP contribution in [0.1, 0.15) is 111 Å². The van der Waals surface area contributed by atoms with Crippen molar-refractivity contribution in [1.29, 1.82) is 5.26 Å². The Morgan fingerprint density at radius 2 is 0.746 bits per heavy atom. The van der Waals surface area contributed by atoms with Crippen molar-refractivity contribution in [3.63, 3.8) is 0 Å². The molecule has 0 aliphatic carbocycles. The molecule has 2 heterocycles. The van der Waals surface area contributed by atoms with Crippen molar-refractivity contribution in [1.82, 2.24) is 9.13 Å². The number of rotatable bonds is 3. The number of hydrogen-bond acceptors (Lipinski definition) is 1. The van der Waals surface area contributed by atoms with Crippen molar-refractivity contribution in [3.05, 3.63) is 142 Å². The molecule has 8 rings (SSSR count). The Kier molecular flexibility index (Phi) is 9.06. The summed E-state index contributed by atoms with van der Waals surface area (Å²) in [7, 11) is 0. The first-order valence-corrected chi connectivity index (χ1v) is 20.4. The molecule has 0 unspecified atom stereocenters. The van der Waals surface area contributed by atoms with Gasteiger partial charge in [0.05, 0.1) is 33.4 Å². The Hall–Kier alpha value is -5.80. The van der Waals surface area contributed by atoms with Crippen LogP contribution in [0, 0.1) is 28.8 Å². The summed E-state index contributed by atoms with van der Waals surface area (Å²) in [4.78, 5) is 0. The molecule has 0 N–H and O–H groups in total. The summed E-state index contributed by atoms with van der Waals surface area (Å²) >= 11 is 0. The lowest BCUT2D eigenvalue weighted by Gasteiger charge is -2.23. The van der Waals surface area contributed by atoms with Crippen LogP contribution in [0.15, 0.2) is 97.1 Å². The van der Waals surface area contributed by atoms with Crippen LogP contribution in [0.5, 0.6) is 0 Å². The van der Waals surface area contributed by atoms with Gasteiger partial charge < -0.3 is 9.13 Å². The van der Waals surface area contributed by atoms with Gasteiger partial charge in [-0.2, -0.15) is 5.26 Å². The Balaban J connectivity index is 1.62. The van der Waals surface area contributed by atoms with Crippen LogP contribution < -0.4 is 0 Å². The summed E-state index contributed by atoms with van der Waals surface area (Å²) in [6.07, 6.45) is 0. The smallest absolute Gasteiger partial charge is 0.195 e. The van der Waals surface area contributed by atoms with E-state index in [0.717, 1.165) is 71.9 Å². The second-order valence-corrected chi connectivity index (χ2v) is 20.3. The minimum atomic E-state index is -1.54. The van der Waals surface area contributed by atoms with E-state index in [1.807, 2.05) is 0 Å². The number of nitriles is 1. The highest BCUT2D eigenvalue weighted by Gasteiger charge is 2.28. The summed E-state index contributed by atoms with van der Waals surface area (Å²) in [6.45, 7) is 26.0. The van der Waals surface area contributed by atoms with Gasteiger partial charge in [-0.3, -0.25) is 0 Å². The van der Waals surface area contributed by atoms with E-state index in [1.54, 1.807) is 12.1 Å². The highest BCUT2D eigenvalue weighted by atomic mass is 19.2. The lowest BCUT2D eigenvalue weighted by Crippen LogP contribution is -2.12. The highest BCUT2D eigenvalue weighted by Crippen LogP contribution is 2.44. The third kappa shape index (κ3) is 6.60. The largest absolute Gasteiger partial charge is 0.308 e. The first kappa shape index (κ1) is 40.0. The molecule has 0 bridgehead atoms. The van der Waals surface area contributed by atoms with Crippen molar-refractivity contribution in [2.24, 2.45) is 0 Å². The predicted molar refractivity (Wildman–Crippen MR) is 240 cm³/mol. The summed E-state index contributed by atoms with van der Waals surface area (Å²) in [5.74, 6) is -4.09. The normalized spacial score (nSPS) is 13.0. The van der Waals surface area contributed by atoms with Crippen molar-refractivity contribution in [3.8, 4) is 28.6 Å². The average Bonchev–Trinajstić information content (AvgIpc) is 3.66. The van der Waals surface area contributed by atoms with Crippen LogP contribution >= 0.6 is 0 Å². The Bertz CT molecular complexity index is 2750. The van der Waals surface area contributed by atoms with E-state index in [9.17, 15) is 9.65 Å². The molecule has 0 atom stereocenters. The van der Waals surface area contributed by atoms with Gasteiger partial charge in [-0.1, -0.05) is 132 Å². The molecule has 0 aliphatic rings. The maximum atomic E-state index is 16.1. The molecule has 0 aliphatic heterocycles. The minimum absolute atomic E-state index is 0.103. The van der Waals surface area contributed by atoms with E-state index in [1.165, 1.54) is 6.07 Å². The van der Waals surface area contributed by atoms with Gasteiger partial charge in [0.25, 0.3) is 0 Å². The van der Waals surface area contributed by atoms with E-state index in [4.69, 9.17) is 0 Å². The predicted octanol–water partition coefficient (Wildman–Crippen LogP) is 15.0. The molecule has 0 fully saturated rings. The Labute approximate surface area is 345 Å². The molecule has 2 aromatic heterocycles. The summed E-state index contributed by atoms with van der Waals surface area (Å²) in [5.41, 5.74) is 8.81. The first-order valence-electron chi connectivity index (χ1n) is 20.4. The zero-order valence-corrected chi connectivity index (χ0v) is 36.2. The van der Waals surface area contributed by atoms with Gasteiger partial charge in [0, 0.05) is 27.1 Å². The number of fused-ring (bicyclic) bond motifs is 6. The van der Waals surface area contributed by atoms with E-state index < -0.39 is 17.5 Å². The zero-order valence-electron chi connectivity index (χ0n) is 36.2. The summed E-state index contributed by atoms with van der Waals surface area (Å²) in [6, 6.07) is 34.3. The third-order valence-electron chi connectivity index (χ3n) is 12.0. The Morgan fingerprint density at radius 1 is 0.424 bits per heavy atom. The fourth-order valence-corrected chi connectivity index (χ4v) is 8.41. The van der Waals surface area contributed by atoms with Crippen LogP contribution in [0.2, 0.25) is 0 Å². The zero-order chi connectivity index (χ0) is 42.7. The maximum absolute atomic E-state index is 16.1. The maximum Gasteiger partial charge on any atom is 0.195 e.